The van der Waals surface area contributed by atoms with Gasteiger partial charge in [0.15, 0.2) is 5.69 Å². The average molecular weight is 309 g/mol. The van der Waals surface area contributed by atoms with E-state index in [1.165, 1.54) is 12.1 Å². The van der Waals surface area contributed by atoms with Crippen molar-refractivity contribution in [2.75, 3.05) is 0 Å². The lowest BCUT2D eigenvalue weighted by Gasteiger charge is -1.97. The minimum atomic E-state index is -0.991. The van der Waals surface area contributed by atoms with Crippen LogP contribution in [-0.4, -0.2) is 21.2 Å². The van der Waals surface area contributed by atoms with Crippen LogP contribution in [0.1, 0.15) is 22.8 Å². The number of rotatable bonds is 4. The normalized spacial score (nSPS) is 11.3. The second-order valence-corrected chi connectivity index (χ2v) is 5.11. The fourth-order valence-corrected chi connectivity index (χ4v) is 2.31. The van der Waals surface area contributed by atoms with Crippen molar-refractivity contribution in [3.05, 3.63) is 53.6 Å². The maximum atomic E-state index is 10.8. The summed E-state index contributed by atoms with van der Waals surface area (Å²) in [5, 5.41) is 27.9. The number of H-pyrrole nitrogens is 1. The van der Waals surface area contributed by atoms with E-state index in [2.05, 4.69) is 22.1 Å². The zero-order valence-corrected chi connectivity index (χ0v) is 12.4. The number of aromatic hydroxyl groups is 1. The molecule has 116 valence electrons. The Hall–Kier alpha value is -3.15. The zero-order chi connectivity index (χ0) is 16.4. The largest absolute Gasteiger partial charge is 0.493 e. The van der Waals surface area contributed by atoms with Gasteiger partial charge in [-0.05, 0) is 48.4 Å². The van der Waals surface area contributed by atoms with Gasteiger partial charge >= 0.3 is 5.97 Å². The SMILES string of the molecule is CCc1ccc2[nH]c(O)c(N=Nc3ccc(C(=O)O)cc3)c2c1. The summed E-state index contributed by atoms with van der Waals surface area (Å²) in [6, 6.07) is 11.9. The summed E-state index contributed by atoms with van der Waals surface area (Å²) in [5.41, 5.74) is 2.99. The molecule has 23 heavy (non-hydrogen) atoms. The van der Waals surface area contributed by atoms with Crippen LogP contribution in [0.25, 0.3) is 10.9 Å². The Morgan fingerprint density at radius 3 is 2.52 bits per heavy atom. The monoisotopic (exact) mass is 309 g/mol. The number of carbonyl (C=O) groups is 1. The molecule has 6 heteroatoms. The van der Waals surface area contributed by atoms with Crippen molar-refractivity contribution in [2.45, 2.75) is 13.3 Å². The number of nitrogens with zero attached hydrogens (tertiary/aromatic N) is 2. The summed E-state index contributed by atoms with van der Waals surface area (Å²) < 4.78 is 0. The zero-order valence-electron chi connectivity index (χ0n) is 12.4. The van der Waals surface area contributed by atoms with E-state index in [9.17, 15) is 9.90 Å². The number of aromatic carboxylic acids is 1. The molecule has 0 radical (unpaired) electrons. The first-order valence-corrected chi connectivity index (χ1v) is 7.17. The summed E-state index contributed by atoms with van der Waals surface area (Å²) in [4.78, 5) is 13.7. The molecule has 3 N–H and O–H groups in total. The average Bonchev–Trinajstić information content (AvgIpc) is 2.87. The summed E-state index contributed by atoms with van der Waals surface area (Å²) in [6.45, 7) is 2.05. The number of carboxylic acid groups (broad SMARTS) is 1. The molecule has 0 saturated heterocycles. The molecule has 0 aliphatic rings. The third kappa shape index (κ3) is 2.91. The molecule has 3 aromatic rings. The number of aromatic nitrogens is 1. The molecule has 0 aliphatic heterocycles. The van der Waals surface area contributed by atoms with Gasteiger partial charge in [-0.25, -0.2) is 4.79 Å². The molecule has 0 fully saturated rings. The highest BCUT2D eigenvalue weighted by molar-refractivity contribution is 5.94. The molecule has 6 nitrogen and oxygen atoms in total. The van der Waals surface area contributed by atoms with Crippen molar-refractivity contribution >= 4 is 28.2 Å². The van der Waals surface area contributed by atoms with Crippen LogP contribution in [0.5, 0.6) is 5.88 Å². The van der Waals surface area contributed by atoms with Gasteiger partial charge in [0.2, 0.25) is 5.88 Å². The van der Waals surface area contributed by atoms with Crippen LogP contribution in [0, 0.1) is 0 Å². The first kappa shape index (κ1) is 14.8. The Kier molecular flexibility index (Phi) is 3.80. The van der Waals surface area contributed by atoms with Crippen LogP contribution in [0.15, 0.2) is 52.7 Å². The summed E-state index contributed by atoms with van der Waals surface area (Å²) in [6.07, 6.45) is 0.884. The third-order valence-corrected chi connectivity index (χ3v) is 3.60. The minimum absolute atomic E-state index is 0.0424. The van der Waals surface area contributed by atoms with Gasteiger partial charge in [-0.3, -0.25) is 0 Å². The van der Waals surface area contributed by atoms with Gasteiger partial charge < -0.3 is 15.2 Å². The summed E-state index contributed by atoms with van der Waals surface area (Å²) in [5.74, 6) is -1.03. The smallest absolute Gasteiger partial charge is 0.335 e. The van der Waals surface area contributed by atoms with E-state index in [1.54, 1.807) is 12.1 Å². The highest BCUT2D eigenvalue weighted by atomic mass is 16.4. The lowest BCUT2D eigenvalue weighted by atomic mass is 10.1. The topological polar surface area (TPSA) is 98.0 Å². The molecular formula is C17H15N3O3. The van der Waals surface area contributed by atoms with Gasteiger partial charge in [-0.2, -0.15) is 5.11 Å². The van der Waals surface area contributed by atoms with E-state index in [0.717, 1.165) is 22.9 Å². The Morgan fingerprint density at radius 1 is 1.13 bits per heavy atom. The molecule has 0 amide bonds. The van der Waals surface area contributed by atoms with Crippen LogP contribution >= 0.6 is 0 Å². The molecule has 0 atom stereocenters. The van der Waals surface area contributed by atoms with Crippen molar-refractivity contribution in [1.29, 1.82) is 0 Å². The molecule has 0 bridgehead atoms. The number of benzene rings is 2. The van der Waals surface area contributed by atoms with Gasteiger partial charge in [-0.15, -0.1) is 5.11 Å². The second-order valence-electron chi connectivity index (χ2n) is 5.11. The summed E-state index contributed by atoms with van der Waals surface area (Å²) >= 11 is 0. The quantitative estimate of drug-likeness (QED) is 0.616. The van der Waals surface area contributed by atoms with Crippen molar-refractivity contribution in [3.8, 4) is 5.88 Å². The molecule has 3 rings (SSSR count). The molecule has 2 aromatic carbocycles. The number of aryl methyl sites for hydroxylation is 1. The number of hydrogen-bond acceptors (Lipinski definition) is 4. The van der Waals surface area contributed by atoms with Gasteiger partial charge in [0.1, 0.15) is 0 Å². The van der Waals surface area contributed by atoms with Crippen LogP contribution in [0.4, 0.5) is 11.4 Å². The molecule has 1 aromatic heterocycles. The van der Waals surface area contributed by atoms with E-state index in [0.29, 0.717) is 11.4 Å². The summed E-state index contributed by atoms with van der Waals surface area (Å²) in [7, 11) is 0. The van der Waals surface area contributed by atoms with E-state index in [4.69, 9.17) is 5.11 Å². The van der Waals surface area contributed by atoms with Crippen molar-refractivity contribution in [1.82, 2.24) is 4.98 Å². The van der Waals surface area contributed by atoms with E-state index in [1.807, 2.05) is 18.2 Å². The lowest BCUT2D eigenvalue weighted by Crippen LogP contribution is -1.93. The molecular weight excluding hydrogens is 294 g/mol. The van der Waals surface area contributed by atoms with Gasteiger partial charge in [0, 0.05) is 5.39 Å². The number of aromatic amines is 1. The first-order valence-electron chi connectivity index (χ1n) is 7.17. The fraction of sp³-hybridized carbons (Fsp3) is 0.118. The second kappa shape index (κ2) is 5.92. The van der Waals surface area contributed by atoms with Crippen LogP contribution in [0.3, 0.4) is 0 Å². The fourth-order valence-electron chi connectivity index (χ4n) is 2.31. The molecule has 0 unspecified atom stereocenters. The van der Waals surface area contributed by atoms with Crippen LogP contribution in [-0.2, 0) is 6.42 Å². The van der Waals surface area contributed by atoms with E-state index >= 15 is 0 Å². The maximum Gasteiger partial charge on any atom is 0.335 e. The molecule has 0 saturated carbocycles. The van der Waals surface area contributed by atoms with Crippen LogP contribution < -0.4 is 0 Å². The Morgan fingerprint density at radius 2 is 1.87 bits per heavy atom. The van der Waals surface area contributed by atoms with Gasteiger partial charge in [0.05, 0.1) is 16.8 Å². The van der Waals surface area contributed by atoms with Crippen molar-refractivity contribution in [2.24, 2.45) is 10.2 Å². The lowest BCUT2D eigenvalue weighted by molar-refractivity contribution is 0.0697. The number of carboxylic acids is 1. The first-order chi connectivity index (χ1) is 11.1. The highest BCUT2D eigenvalue weighted by Crippen LogP contribution is 2.36. The third-order valence-electron chi connectivity index (χ3n) is 3.60. The predicted molar refractivity (Wildman–Crippen MR) is 86.9 cm³/mol. The number of fused-ring (bicyclic) bond motifs is 1. The van der Waals surface area contributed by atoms with E-state index in [-0.39, 0.29) is 11.4 Å². The maximum absolute atomic E-state index is 10.8. The van der Waals surface area contributed by atoms with Crippen LogP contribution in [0.2, 0.25) is 0 Å². The standard InChI is InChI=1S/C17H15N3O3/c1-2-10-3-8-14-13(9-10)15(16(21)18-14)20-19-12-6-4-11(5-7-12)17(22)23/h3-9,18,21H,2H2,1H3,(H,22,23). The van der Waals surface area contributed by atoms with Gasteiger partial charge in [-0.1, -0.05) is 13.0 Å². The molecule has 1 heterocycles. The number of azo groups is 1. The molecule has 0 spiro atoms. The molecule has 0 aliphatic carbocycles. The van der Waals surface area contributed by atoms with E-state index < -0.39 is 5.97 Å². The van der Waals surface area contributed by atoms with Gasteiger partial charge in [0.25, 0.3) is 0 Å². The minimum Gasteiger partial charge on any atom is -0.493 e. The number of nitrogens with one attached hydrogen (secondary N) is 1. The highest BCUT2D eigenvalue weighted by Gasteiger charge is 2.11. The predicted octanol–water partition coefficient (Wildman–Crippen LogP) is 4.55. The van der Waals surface area contributed by atoms with Crippen molar-refractivity contribution in [3.63, 3.8) is 0 Å². The Bertz CT molecular complexity index is 895. The number of hydrogen-bond donors (Lipinski definition) is 3. The Labute approximate surface area is 132 Å². The Balaban J connectivity index is 1.96. The van der Waals surface area contributed by atoms with Crippen molar-refractivity contribution < 1.29 is 15.0 Å².